The number of nitrogens with one attached hydrogen (secondary N) is 2. The lowest BCUT2D eigenvalue weighted by Gasteiger charge is -2.18. The van der Waals surface area contributed by atoms with Crippen LogP contribution < -0.4 is 10.6 Å². The number of ether oxygens (including phenoxy) is 4. The van der Waals surface area contributed by atoms with Crippen LogP contribution in [0.1, 0.15) is 36.1 Å². The molecule has 0 saturated heterocycles. The van der Waals surface area contributed by atoms with Crippen LogP contribution in [0, 0.1) is 0 Å². The maximum Gasteiger partial charge on any atom is 0.407 e. The van der Waals surface area contributed by atoms with Crippen molar-refractivity contribution in [3.05, 3.63) is 60.1 Å². The molecular formula is C22H32N2O6. The molecule has 2 amide bonds. The van der Waals surface area contributed by atoms with Gasteiger partial charge in [0.05, 0.1) is 39.0 Å². The van der Waals surface area contributed by atoms with Crippen molar-refractivity contribution < 1.29 is 28.5 Å². The van der Waals surface area contributed by atoms with Crippen LogP contribution in [0.25, 0.3) is 0 Å². The fraction of sp³-hybridized carbons (Fsp3) is 0.455. The molecule has 166 valence electrons. The van der Waals surface area contributed by atoms with E-state index in [0.717, 1.165) is 22.3 Å². The summed E-state index contributed by atoms with van der Waals surface area (Å²) in [5, 5.41) is 5.51. The van der Waals surface area contributed by atoms with E-state index >= 15 is 0 Å². The number of amides is 2. The summed E-state index contributed by atoms with van der Waals surface area (Å²) in [6.07, 6.45) is 3.03. The van der Waals surface area contributed by atoms with Crippen LogP contribution in [0.3, 0.4) is 0 Å². The Bertz CT molecular complexity index is 662. The average molecular weight is 421 g/mol. The molecule has 0 unspecified atom stereocenters. The first-order valence-corrected chi connectivity index (χ1v) is 9.95. The number of hydrogen-bond acceptors (Lipinski definition) is 6. The van der Waals surface area contributed by atoms with E-state index in [0.29, 0.717) is 39.3 Å². The van der Waals surface area contributed by atoms with E-state index < -0.39 is 12.2 Å². The Morgan fingerprint density at radius 2 is 1.33 bits per heavy atom. The van der Waals surface area contributed by atoms with Gasteiger partial charge in [-0.15, -0.1) is 0 Å². The molecular weight excluding hydrogens is 388 g/mol. The van der Waals surface area contributed by atoms with Gasteiger partial charge in [-0.05, 0) is 36.1 Å². The van der Waals surface area contributed by atoms with Gasteiger partial charge in [-0.1, -0.05) is 25.3 Å². The van der Waals surface area contributed by atoms with E-state index in [2.05, 4.69) is 23.8 Å². The first kappa shape index (κ1) is 24.9. The Kier molecular flexibility index (Phi) is 12.3. The fourth-order valence-electron chi connectivity index (χ4n) is 2.85. The van der Waals surface area contributed by atoms with Crippen LogP contribution in [0.4, 0.5) is 9.59 Å². The third-order valence-electron chi connectivity index (χ3n) is 4.11. The molecule has 0 aliphatic carbocycles. The first-order chi connectivity index (χ1) is 14.5. The van der Waals surface area contributed by atoms with Crippen LogP contribution in [0.2, 0.25) is 0 Å². The van der Waals surface area contributed by atoms with Crippen LogP contribution in [0.15, 0.2) is 37.8 Å². The molecule has 0 radical (unpaired) electrons. The minimum atomic E-state index is -0.489. The van der Waals surface area contributed by atoms with Crippen LogP contribution in [-0.2, 0) is 44.9 Å². The number of alkyl carbamates (subject to hydrolysis) is 2. The molecule has 30 heavy (non-hydrogen) atoms. The molecule has 0 saturated carbocycles. The zero-order valence-electron chi connectivity index (χ0n) is 17.8. The predicted molar refractivity (Wildman–Crippen MR) is 114 cm³/mol. The number of benzene rings is 1. The molecule has 0 fully saturated rings. The van der Waals surface area contributed by atoms with Gasteiger partial charge in [0.25, 0.3) is 0 Å². The third kappa shape index (κ3) is 9.36. The third-order valence-corrected chi connectivity index (χ3v) is 4.11. The van der Waals surface area contributed by atoms with Gasteiger partial charge < -0.3 is 29.6 Å². The number of hydrogen-bond donors (Lipinski definition) is 2. The van der Waals surface area contributed by atoms with Gasteiger partial charge >= 0.3 is 12.2 Å². The van der Waals surface area contributed by atoms with E-state index in [1.165, 1.54) is 12.5 Å². The Morgan fingerprint density at radius 1 is 0.867 bits per heavy atom. The van der Waals surface area contributed by atoms with Gasteiger partial charge in [-0.25, -0.2) is 9.59 Å². The molecule has 0 bridgehead atoms. The second-order valence-corrected chi connectivity index (χ2v) is 6.12. The smallest absolute Gasteiger partial charge is 0.407 e. The number of carbonyl (C=O) groups is 2. The topological polar surface area (TPSA) is 95.1 Å². The molecule has 1 aromatic rings. The maximum atomic E-state index is 11.8. The predicted octanol–water partition coefficient (Wildman–Crippen LogP) is 3.58. The van der Waals surface area contributed by atoms with Gasteiger partial charge in [-0.3, -0.25) is 0 Å². The van der Waals surface area contributed by atoms with E-state index in [9.17, 15) is 9.59 Å². The van der Waals surface area contributed by atoms with Crippen molar-refractivity contribution in [1.29, 1.82) is 0 Å². The Balaban J connectivity index is 3.16. The average Bonchev–Trinajstić information content (AvgIpc) is 2.72. The molecule has 2 N–H and O–H groups in total. The Morgan fingerprint density at radius 3 is 1.77 bits per heavy atom. The van der Waals surface area contributed by atoms with Gasteiger partial charge in [0.15, 0.2) is 0 Å². The monoisotopic (exact) mass is 420 g/mol. The quantitative estimate of drug-likeness (QED) is 0.353. The van der Waals surface area contributed by atoms with Crippen molar-refractivity contribution in [2.24, 2.45) is 0 Å². The van der Waals surface area contributed by atoms with Gasteiger partial charge in [0, 0.05) is 25.9 Å². The minimum Gasteiger partial charge on any atom is -0.501 e. The molecule has 0 spiro atoms. The molecule has 8 nitrogen and oxygen atoms in total. The Hall–Kier alpha value is -3.16. The maximum absolute atomic E-state index is 11.8. The molecule has 0 aliphatic rings. The summed E-state index contributed by atoms with van der Waals surface area (Å²) in [5.41, 5.74) is 3.80. The summed E-state index contributed by atoms with van der Waals surface area (Å²) in [6, 6.07) is 4.02. The summed E-state index contributed by atoms with van der Waals surface area (Å²) < 4.78 is 20.4. The van der Waals surface area contributed by atoms with Crippen molar-refractivity contribution in [3.63, 3.8) is 0 Å². The lowest BCUT2D eigenvalue weighted by Crippen LogP contribution is -2.27. The van der Waals surface area contributed by atoms with Gasteiger partial charge in [0.2, 0.25) is 0 Å². The minimum absolute atomic E-state index is 0.283. The summed E-state index contributed by atoms with van der Waals surface area (Å²) in [6.45, 7) is 12.6. The van der Waals surface area contributed by atoms with Crippen molar-refractivity contribution in [2.45, 2.75) is 39.8 Å². The standard InChI is InChI=1S/C22H32N2O6/c1-5-27-11-9-17-13-18(15-23-21(25)29-7-3)20(10-12-28-6-2)19(14-17)16-24-22(26)30-8-4/h5-6,13-14H,1-2,7-12,15-16H2,3-4H3,(H,23,25)(H,24,26). The van der Waals surface area contributed by atoms with E-state index in [1.807, 2.05) is 12.1 Å². The SMILES string of the molecule is C=COCCc1cc(CNC(=O)OCC)c(CCOC=C)c(CNC(=O)OCC)c1. The zero-order valence-corrected chi connectivity index (χ0v) is 17.8. The molecule has 1 rings (SSSR count). The summed E-state index contributed by atoms with van der Waals surface area (Å²) in [7, 11) is 0. The largest absolute Gasteiger partial charge is 0.501 e. The highest BCUT2D eigenvalue weighted by atomic mass is 16.6. The Labute approximate surface area is 178 Å². The van der Waals surface area contributed by atoms with Crippen molar-refractivity contribution in [2.75, 3.05) is 26.4 Å². The van der Waals surface area contributed by atoms with Crippen LogP contribution in [-0.4, -0.2) is 38.6 Å². The normalized spacial score (nSPS) is 9.93. The first-order valence-electron chi connectivity index (χ1n) is 9.95. The van der Waals surface area contributed by atoms with Crippen LogP contribution >= 0.6 is 0 Å². The molecule has 0 atom stereocenters. The summed E-state index contributed by atoms with van der Waals surface area (Å²) in [5.74, 6) is 0. The number of rotatable bonds is 14. The number of carbonyl (C=O) groups excluding carboxylic acids is 2. The van der Waals surface area contributed by atoms with Crippen molar-refractivity contribution >= 4 is 12.2 Å². The van der Waals surface area contributed by atoms with Gasteiger partial charge in [0.1, 0.15) is 0 Å². The molecule has 8 heteroatoms. The zero-order chi connectivity index (χ0) is 22.2. The van der Waals surface area contributed by atoms with E-state index in [4.69, 9.17) is 18.9 Å². The molecule has 1 aromatic carbocycles. The second-order valence-electron chi connectivity index (χ2n) is 6.12. The molecule has 0 aliphatic heterocycles. The highest BCUT2D eigenvalue weighted by Gasteiger charge is 2.14. The summed E-state index contributed by atoms with van der Waals surface area (Å²) in [4.78, 5) is 23.6. The fourth-order valence-corrected chi connectivity index (χ4v) is 2.85. The highest BCUT2D eigenvalue weighted by Crippen LogP contribution is 2.20. The highest BCUT2D eigenvalue weighted by molar-refractivity contribution is 5.68. The molecule has 0 aromatic heterocycles. The van der Waals surface area contributed by atoms with Crippen LogP contribution in [0.5, 0.6) is 0 Å². The lowest BCUT2D eigenvalue weighted by atomic mass is 9.94. The van der Waals surface area contributed by atoms with Crippen molar-refractivity contribution in [1.82, 2.24) is 10.6 Å². The van der Waals surface area contributed by atoms with E-state index in [1.54, 1.807) is 13.8 Å². The lowest BCUT2D eigenvalue weighted by molar-refractivity contribution is 0.151. The van der Waals surface area contributed by atoms with Crippen molar-refractivity contribution in [3.8, 4) is 0 Å². The van der Waals surface area contributed by atoms with Gasteiger partial charge in [-0.2, -0.15) is 0 Å². The molecule has 0 heterocycles. The van der Waals surface area contributed by atoms with E-state index in [-0.39, 0.29) is 13.1 Å². The summed E-state index contributed by atoms with van der Waals surface area (Å²) >= 11 is 0. The second kappa shape index (κ2) is 14.8.